The second kappa shape index (κ2) is 5.61. The Morgan fingerprint density at radius 1 is 1.09 bits per heavy atom. The van der Waals surface area contributed by atoms with Gasteiger partial charge >= 0.3 is 0 Å². The fourth-order valence-corrected chi connectivity index (χ4v) is 4.31. The minimum absolute atomic E-state index is 0.150. The number of aromatic amines is 1. The number of hydrogen-bond acceptors (Lipinski definition) is 4. The van der Waals surface area contributed by atoms with Crippen molar-refractivity contribution in [2.45, 2.75) is 42.4 Å². The molecule has 1 aromatic carbocycles. The van der Waals surface area contributed by atoms with Crippen molar-refractivity contribution >= 4 is 21.2 Å². The van der Waals surface area contributed by atoms with Gasteiger partial charge in [0.25, 0.3) is 5.56 Å². The zero-order valence-electron chi connectivity index (χ0n) is 12.3. The Bertz CT molecular complexity index is 869. The highest BCUT2D eigenvalue weighted by Gasteiger charge is 2.31. The molecule has 0 aliphatic carbocycles. The summed E-state index contributed by atoms with van der Waals surface area (Å²) in [5, 5.41) is 3.13. The van der Waals surface area contributed by atoms with Gasteiger partial charge in [0.2, 0.25) is 9.84 Å². The van der Waals surface area contributed by atoms with E-state index in [-0.39, 0.29) is 15.4 Å². The van der Waals surface area contributed by atoms with Gasteiger partial charge in [-0.05, 0) is 25.0 Å². The number of hydrogen-bond donors (Lipinski definition) is 2. The van der Waals surface area contributed by atoms with Crippen LogP contribution in [0, 0.1) is 0 Å². The minimum atomic E-state index is -3.60. The highest BCUT2D eigenvalue weighted by molar-refractivity contribution is 7.92. The second-order valence-corrected chi connectivity index (χ2v) is 7.30. The molecule has 0 amide bonds. The van der Waals surface area contributed by atoms with Gasteiger partial charge in [-0.3, -0.25) is 4.79 Å². The smallest absolute Gasteiger partial charge is 0.253 e. The maximum absolute atomic E-state index is 12.7. The average Bonchev–Trinajstić information content (AvgIpc) is 2.50. The van der Waals surface area contributed by atoms with Gasteiger partial charge in [0.1, 0.15) is 4.90 Å². The molecular weight excluding hydrogens is 300 g/mol. The summed E-state index contributed by atoms with van der Waals surface area (Å²) >= 11 is 0. The third-order valence-corrected chi connectivity index (χ3v) is 5.75. The van der Waals surface area contributed by atoms with Gasteiger partial charge in [0.15, 0.2) is 0 Å². The molecule has 0 saturated carbocycles. The summed E-state index contributed by atoms with van der Waals surface area (Å²) in [7, 11) is -3.60. The van der Waals surface area contributed by atoms with Crippen molar-refractivity contribution in [2.75, 3.05) is 5.32 Å². The lowest BCUT2D eigenvalue weighted by atomic mass is 10.1. The van der Waals surface area contributed by atoms with Crippen LogP contribution in [0.2, 0.25) is 0 Å². The van der Waals surface area contributed by atoms with Crippen molar-refractivity contribution in [3.05, 3.63) is 46.4 Å². The SMILES string of the molecule is CCCCCc1c2c(c[nH]c1=O)S(=O)(=O)c1ccccc1N2. The Morgan fingerprint density at radius 2 is 1.86 bits per heavy atom. The number of benzene rings is 1. The van der Waals surface area contributed by atoms with E-state index in [4.69, 9.17) is 0 Å². The molecule has 22 heavy (non-hydrogen) atoms. The summed E-state index contributed by atoms with van der Waals surface area (Å²) < 4.78 is 25.5. The van der Waals surface area contributed by atoms with Gasteiger partial charge in [-0.2, -0.15) is 0 Å². The van der Waals surface area contributed by atoms with Gasteiger partial charge in [-0.15, -0.1) is 0 Å². The van der Waals surface area contributed by atoms with Crippen LogP contribution < -0.4 is 10.9 Å². The summed E-state index contributed by atoms with van der Waals surface area (Å²) in [4.78, 5) is 15.1. The summed E-state index contributed by atoms with van der Waals surface area (Å²) in [6.45, 7) is 2.09. The van der Waals surface area contributed by atoms with E-state index >= 15 is 0 Å². The van der Waals surface area contributed by atoms with Crippen LogP contribution in [0.25, 0.3) is 0 Å². The predicted octanol–water partition coefficient (Wildman–Crippen LogP) is 3.00. The van der Waals surface area contributed by atoms with Crippen LogP contribution in [-0.2, 0) is 16.3 Å². The number of unbranched alkanes of at least 4 members (excludes halogenated alkanes) is 2. The van der Waals surface area contributed by atoms with Crippen molar-refractivity contribution in [2.24, 2.45) is 0 Å². The Labute approximate surface area is 129 Å². The molecule has 0 unspecified atom stereocenters. The molecule has 0 radical (unpaired) electrons. The zero-order chi connectivity index (χ0) is 15.7. The van der Waals surface area contributed by atoms with Crippen LogP contribution in [0.4, 0.5) is 11.4 Å². The van der Waals surface area contributed by atoms with Gasteiger partial charge in [0.05, 0.1) is 16.3 Å². The monoisotopic (exact) mass is 318 g/mol. The summed E-state index contributed by atoms with van der Waals surface area (Å²) in [5.41, 5.74) is 1.25. The third-order valence-electron chi connectivity index (χ3n) is 3.91. The summed E-state index contributed by atoms with van der Waals surface area (Å²) in [5.74, 6) is 0. The second-order valence-electron chi connectivity index (χ2n) is 5.42. The van der Waals surface area contributed by atoms with Crippen LogP contribution in [0.3, 0.4) is 0 Å². The molecule has 6 heteroatoms. The van der Waals surface area contributed by atoms with Crippen LogP contribution in [0.1, 0.15) is 31.7 Å². The minimum Gasteiger partial charge on any atom is -0.353 e. The quantitative estimate of drug-likeness (QED) is 0.725. The zero-order valence-corrected chi connectivity index (χ0v) is 13.2. The van der Waals surface area contributed by atoms with Crippen molar-refractivity contribution < 1.29 is 8.42 Å². The lowest BCUT2D eigenvalue weighted by Gasteiger charge is -2.23. The van der Waals surface area contributed by atoms with Crippen LogP contribution in [0.15, 0.2) is 45.0 Å². The molecule has 5 nitrogen and oxygen atoms in total. The highest BCUT2D eigenvalue weighted by atomic mass is 32.2. The summed E-state index contributed by atoms with van der Waals surface area (Å²) in [6, 6.07) is 6.75. The van der Waals surface area contributed by atoms with Gasteiger partial charge < -0.3 is 10.3 Å². The maximum atomic E-state index is 12.7. The van der Waals surface area contributed by atoms with Gasteiger partial charge in [-0.1, -0.05) is 31.9 Å². The molecule has 116 valence electrons. The molecule has 0 atom stereocenters. The lowest BCUT2D eigenvalue weighted by molar-refractivity contribution is 0.595. The third kappa shape index (κ3) is 2.33. The molecule has 1 aliphatic rings. The Balaban J connectivity index is 2.16. The van der Waals surface area contributed by atoms with Crippen molar-refractivity contribution in [1.29, 1.82) is 0 Å². The molecule has 1 aliphatic heterocycles. The van der Waals surface area contributed by atoms with Crippen LogP contribution in [0.5, 0.6) is 0 Å². The number of para-hydroxylation sites is 1. The van der Waals surface area contributed by atoms with Crippen molar-refractivity contribution in [3.8, 4) is 0 Å². The van der Waals surface area contributed by atoms with Crippen LogP contribution >= 0.6 is 0 Å². The van der Waals surface area contributed by atoms with Crippen molar-refractivity contribution in [1.82, 2.24) is 4.98 Å². The molecule has 2 aromatic rings. The van der Waals surface area contributed by atoms with E-state index in [0.717, 1.165) is 19.3 Å². The molecule has 2 N–H and O–H groups in total. The number of rotatable bonds is 4. The maximum Gasteiger partial charge on any atom is 0.253 e. The first-order valence-corrected chi connectivity index (χ1v) is 8.89. The molecule has 0 bridgehead atoms. The first-order valence-electron chi connectivity index (χ1n) is 7.41. The van der Waals surface area contributed by atoms with Gasteiger partial charge in [0, 0.05) is 11.8 Å². The Hall–Kier alpha value is -2.08. The molecule has 0 saturated heterocycles. The largest absolute Gasteiger partial charge is 0.353 e. The number of H-pyrrole nitrogens is 1. The van der Waals surface area contributed by atoms with E-state index in [0.29, 0.717) is 23.4 Å². The average molecular weight is 318 g/mol. The summed E-state index contributed by atoms with van der Waals surface area (Å²) in [6.07, 6.45) is 4.77. The van der Waals surface area contributed by atoms with Crippen LogP contribution in [-0.4, -0.2) is 13.4 Å². The predicted molar refractivity (Wildman–Crippen MR) is 85.5 cm³/mol. The van der Waals surface area contributed by atoms with E-state index in [1.165, 1.54) is 6.20 Å². The molecule has 1 aromatic heterocycles. The molecule has 0 spiro atoms. The Kier molecular flexibility index (Phi) is 3.78. The Morgan fingerprint density at radius 3 is 2.64 bits per heavy atom. The molecule has 3 rings (SSSR count). The normalized spacial score (nSPS) is 14.8. The fraction of sp³-hybridized carbons (Fsp3) is 0.312. The molecular formula is C16H18N2O3S. The number of fused-ring (bicyclic) bond motifs is 2. The highest BCUT2D eigenvalue weighted by Crippen LogP contribution is 2.39. The van der Waals surface area contributed by atoms with E-state index in [2.05, 4.69) is 17.2 Å². The number of nitrogens with one attached hydrogen (secondary N) is 2. The number of aromatic nitrogens is 1. The van der Waals surface area contributed by atoms with Gasteiger partial charge in [-0.25, -0.2) is 8.42 Å². The van der Waals surface area contributed by atoms with E-state index < -0.39 is 9.84 Å². The first-order chi connectivity index (χ1) is 10.6. The number of sulfone groups is 1. The van der Waals surface area contributed by atoms with E-state index in [1.807, 2.05) is 0 Å². The van der Waals surface area contributed by atoms with E-state index in [9.17, 15) is 13.2 Å². The standard InChI is InChI=1S/C16H18N2O3S/c1-2-3-4-7-11-15-14(10-17-16(11)19)22(20,21)13-9-6-5-8-12(13)18-15/h5-6,8-10,18H,2-4,7H2,1H3,(H,17,19). The molecule has 0 fully saturated rings. The number of anilines is 2. The van der Waals surface area contributed by atoms with Crippen molar-refractivity contribution in [3.63, 3.8) is 0 Å². The number of pyridine rings is 1. The van der Waals surface area contributed by atoms with E-state index in [1.54, 1.807) is 24.3 Å². The lowest BCUT2D eigenvalue weighted by Crippen LogP contribution is -2.22. The topological polar surface area (TPSA) is 79.0 Å². The first kappa shape index (κ1) is 14.8. The molecule has 2 heterocycles. The fourth-order valence-electron chi connectivity index (χ4n) is 2.75.